The summed E-state index contributed by atoms with van der Waals surface area (Å²) in [7, 11) is 1.55. The van der Waals surface area contributed by atoms with Crippen LogP contribution in [0.15, 0.2) is 35.6 Å². The van der Waals surface area contributed by atoms with Crippen LogP contribution in [0.4, 0.5) is 4.79 Å². The summed E-state index contributed by atoms with van der Waals surface area (Å²) in [5.41, 5.74) is 9.80. The molecule has 6 N–H and O–H groups in total. The molecular formula is C35H52N8O6. The summed E-state index contributed by atoms with van der Waals surface area (Å²) in [6.45, 7) is 6.21. The van der Waals surface area contributed by atoms with Gasteiger partial charge in [0.05, 0.1) is 5.52 Å². The molecule has 14 nitrogen and oxygen atoms in total. The van der Waals surface area contributed by atoms with Gasteiger partial charge in [-0.25, -0.2) is 10.2 Å². The van der Waals surface area contributed by atoms with Crippen LogP contribution in [0.1, 0.15) is 90.5 Å². The number of rotatable bonds is 13. The SMILES string of the molecule is CC/C(CCCCC[C@@H]1NC(=O)[C@H]2CCCCN2C(=O)[C@H](C(C)CC)NC(=O)[C@H](Cc2cn(OC)c3ccccc23)NC1=O)=N/NC(N)=O. The Morgan fingerprint density at radius 3 is 2.47 bits per heavy atom. The first kappa shape index (κ1) is 37.2. The normalized spacial score (nSPS) is 23.0. The van der Waals surface area contributed by atoms with Crippen molar-refractivity contribution in [3.05, 3.63) is 36.0 Å². The van der Waals surface area contributed by atoms with Gasteiger partial charge < -0.3 is 31.4 Å². The van der Waals surface area contributed by atoms with E-state index < -0.39 is 42.0 Å². The van der Waals surface area contributed by atoms with E-state index in [9.17, 15) is 24.0 Å². The molecule has 2 aliphatic heterocycles. The van der Waals surface area contributed by atoms with Crippen molar-refractivity contribution in [3.8, 4) is 0 Å². The maximum atomic E-state index is 14.1. The average molecular weight is 681 g/mol. The lowest BCUT2D eigenvalue weighted by atomic mass is 9.93. The molecule has 1 unspecified atom stereocenters. The molecule has 1 aromatic heterocycles. The summed E-state index contributed by atoms with van der Waals surface area (Å²) < 4.78 is 1.61. The number of unbranched alkanes of at least 4 members (excludes halogenated alkanes) is 2. The second-order valence-corrected chi connectivity index (χ2v) is 13.0. The van der Waals surface area contributed by atoms with Gasteiger partial charge in [-0.3, -0.25) is 19.2 Å². The number of primary amides is 1. The molecule has 49 heavy (non-hydrogen) atoms. The minimum atomic E-state index is -1.03. The first-order valence-corrected chi connectivity index (χ1v) is 17.5. The van der Waals surface area contributed by atoms with E-state index in [0.29, 0.717) is 45.1 Å². The third kappa shape index (κ3) is 9.51. The quantitative estimate of drug-likeness (QED) is 0.123. The number of hydrazone groups is 1. The molecule has 268 valence electrons. The summed E-state index contributed by atoms with van der Waals surface area (Å²) in [6.07, 6.45) is 8.33. The molecule has 3 heterocycles. The van der Waals surface area contributed by atoms with Gasteiger partial charge in [0.25, 0.3) is 0 Å². The van der Waals surface area contributed by atoms with Crippen molar-refractivity contribution in [2.75, 3.05) is 13.7 Å². The highest BCUT2D eigenvalue weighted by molar-refractivity contribution is 5.98. The van der Waals surface area contributed by atoms with Crippen LogP contribution in [0.5, 0.6) is 0 Å². The second kappa shape index (κ2) is 17.7. The standard InChI is InChI=1S/C35H52N8O6/c1-5-22(3)30-34(47)42-19-13-12-18-29(42)33(46)37-26(16-9-7-8-14-24(6-2)40-41-35(36)48)31(44)38-27(32(45)39-30)20-23-21-43(49-4)28-17-11-10-15-25(23)28/h10-11,15,17,21-22,26-27,29-30H,5-9,12-14,16,18-20H2,1-4H3,(H,37,46)(H,38,44)(H,39,45)(H3,36,41,48)/b40-24-/t22?,26-,27-,29+,30-/m0/s1. The number of nitrogens with zero attached hydrogens (tertiary/aromatic N) is 3. The zero-order valence-electron chi connectivity index (χ0n) is 29.1. The van der Waals surface area contributed by atoms with E-state index in [1.165, 1.54) is 0 Å². The monoisotopic (exact) mass is 680 g/mol. The number of nitrogens with one attached hydrogen (secondary N) is 4. The maximum absolute atomic E-state index is 14.1. The first-order valence-electron chi connectivity index (χ1n) is 17.5. The predicted molar refractivity (Wildman–Crippen MR) is 186 cm³/mol. The Bertz CT molecular complexity index is 1520. The molecule has 5 atom stereocenters. The molecule has 1 aromatic carbocycles. The van der Waals surface area contributed by atoms with Gasteiger partial charge in [0, 0.05) is 30.3 Å². The van der Waals surface area contributed by atoms with E-state index >= 15 is 0 Å². The van der Waals surface area contributed by atoms with Crippen LogP contribution in [0, 0.1) is 5.92 Å². The van der Waals surface area contributed by atoms with Crippen molar-refractivity contribution in [2.45, 2.75) is 116 Å². The molecule has 14 heteroatoms. The molecule has 0 aliphatic carbocycles. The third-order valence-corrected chi connectivity index (χ3v) is 9.70. The van der Waals surface area contributed by atoms with Crippen LogP contribution < -0.4 is 31.9 Å². The Morgan fingerprint density at radius 2 is 1.76 bits per heavy atom. The average Bonchev–Trinajstić information content (AvgIpc) is 3.46. The molecule has 2 saturated heterocycles. The van der Waals surface area contributed by atoms with Crippen molar-refractivity contribution >= 4 is 46.3 Å². The van der Waals surface area contributed by atoms with Crippen LogP contribution in [-0.2, 0) is 25.6 Å². The lowest BCUT2D eigenvalue weighted by molar-refractivity contribution is -0.147. The summed E-state index contributed by atoms with van der Waals surface area (Å²) in [4.78, 5) is 74.2. The van der Waals surface area contributed by atoms with Crippen molar-refractivity contribution < 1.29 is 28.8 Å². The zero-order chi connectivity index (χ0) is 35.5. The van der Waals surface area contributed by atoms with Gasteiger partial charge in [0.2, 0.25) is 23.6 Å². The number of para-hydroxylation sites is 1. The highest BCUT2D eigenvalue weighted by Crippen LogP contribution is 2.24. The Balaban J connectivity index is 1.61. The third-order valence-electron chi connectivity index (χ3n) is 9.70. The van der Waals surface area contributed by atoms with Gasteiger partial charge in [0.15, 0.2) is 0 Å². The molecule has 4 rings (SSSR count). The Labute approximate surface area is 287 Å². The van der Waals surface area contributed by atoms with Crippen LogP contribution in [-0.4, -0.2) is 82.8 Å². The second-order valence-electron chi connectivity index (χ2n) is 13.0. The van der Waals surface area contributed by atoms with E-state index in [0.717, 1.165) is 47.9 Å². The molecule has 2 aliphatic rings. The fourth-order valence-corrected chi connectivity index (χ4v) is 6.65. The number of hydrogen-bond acceptors (Lipinski definition) is 7. The van der Waals surface area contributed by atoms with Crippen LogP contribution in [0.2, 0.25) is 0 Å². The minimum absolute atomic E-state index is 0.140. The number of aromatic nitrogens is 1. The summed E-state index contributed by atoms with van der Waals surface area (Å²) in [6, 6.07) is 3.38. The van der Waals surface area contributed by atoms with Gasteiger partial charge in [-0.15, -0.1) is 0 Å². The van der Waals surface area contributed by atoms with E-state index in [1.807, 2.05) is 45.0 Å². The summed E-state index contributed by atoms with van der Waals surface area (Å²) in [5.74, 6) is -1.76. The fourth-order valence-electron chi connectivity index (χ4n) is 6.65. The van der Waals surface area contributed by atoms with Crippen molar-refractivity contribution in [1.82, 2.24) is 31.0 Å². The molecule has 0 bridgehead atoms. The van der Waals surface area contributed by atoms with Gasteiger partial charge in [-0.1, -0.05) is 58.2 Å². The smallest absolute Gasteiger partial charge is 0.332 e. The number of fused-ring (bicyclic) bond motifs is 2. The Morgan fingerprint density at radius 1 is 1.02 bits per heavy atom. The number of hydrogen-bond donors (Lipinski definition) is 5. The number of carbonyl (C=O) groups excluding carboxylic acids is 5. The molecule has 0 radical (unpaired) electrons. The molecular weight excluding hydrogens is 628 g/mol. The fraction of sp³-hybridized carbons (Fsp3) is 0.600. The number of amides is 6. The molecule has 2 fully saturated rings. The number of benzene rings is 1. The predicted octanol–water partition coefficient (Wildman–Crippen LogP) is 2.52. The Kier molecular flexibility index (Phi) is 13.4. The molecule has 6 amide bonds. The van der Waals surface area contributed by atoms with Crippen molar-refractivity contribution in [1.29, 1.82) is 0 Å². The lowest BCUT2D eigenvalue weighted by Gasteiger charge is -2.39. The summed E-state index contributed by atoms with van der Waals surface area (Å²) in [5, 5.41) is 13.8. The topological polar surface area (TPSA) is 189 Å². The number of urea groups is 1. The van der Waals surface area contributed by atoms with Crippen molar-refractivity contribution in [2.24, 2.45) is 16.8 Å². The highest BCUT2D eigenvalue weighted by Gasteiger charge is 2.41. The highest BCUT2D eigenvalue weighted by atomic mass is 16.6. The lowest BCUT2D eigenvalue weighted by Crippen LogP contribution is -2.64. The van der Waals surface area contributed by atoms with Crippen molar-refractivity contribution in [3.63, 3.8) is 0 Å². The van der Waals surface area contributed by atoms with E-state index in [2.05, 4.69) is 26.5 Å². The van der Waals surface area contributed by atoms with Crippen LogP contribution in [0.3, 0.4) is 0 Å². The number of piperidine rings is 1. The van der Waals surface area contributed by atoms with E-state index in [4.69, 9.17) is 10.6 Å². The van der Waals surface area contributed by atoms with Gasteiger partial charge in [-0.05, 0) is 62.5 Å². The van der Waals surface area contributed by atoms with Gasteiger partial charge >= 0.3 is 6.03 Å². The van der Waals surface area contributed by atoms with Crippen LogP contribution in [0.25, 0.3) is 10.9 Å². The van der Waals surface area contributed by atoms with Gasteiger partial charge in [0.1, 0.15) is 31.3 Å². The van der Waals surface area contributed by atoms with Crippen LogP contribution >= 0.6 is 0 Å². The summed E-state index contributed by atoms with van der Waals surface area (Å²) >= 11 is 0. The van der Waals surface area contributed by atoms with Gasteiger partial charge in [-0.2, -0.15) is 9.83 Å². The largest absolute Gasteiger partial charge is 0.417 e. The van der Waals surface area contributed by atoms with E-state index in [-0.39, 0.29) is 24.2 Å². The first-order chi connectivity index (χ1) is 23.6. The molecule has 2 aromatic rings. The van der Waals surface area contributed by atoms with E-state index in [1.54, 1.807) is 22.9 Å². The maximum Gasteiger partial charge on any atom is 0.332 e. The number of carbonyl (C=O) groups is 5. The Hall–Kier alpha value is -4.62. The molecule has 0 saturated carbocycles. The zero-order valence-corrected chi connectivity index (χ0v) is 29.1. The number of nitrogens with two attached hydrogens (primary N) is 1. The minimum Gasteiger partial charge on any atom is -0.417 e. The molecule has 0 spiro atoms.